The first-order chi connectivity index (χ1) is 8.13. The number of hydrogen-bond donors (Lipinski definition) is 3. The van der Waals surface area contributed by atoms with E-state index in [0.29, 0.717) is 5.56 Å². The Morgan fingerprint density at radius 2 is 2.18 bits per heavy atom. The van der Waals surface area contributed by atoms with Crippen molar-refractivity contribution < 1.29 is 9.90 Å². The van der Waals surface area contributed by atoms with Crippen molar-refractivity contribution in [3.63, 3.8) is 0 Å². The highest BCUT2D eigenvalue weighted by Gasteiger charge is 2.16. The van der Waals surface area contributed by atoms with Crippen LogP contribution in [-0.2, 0) is 0 Å². The van der Waals surface area contributed by atoms with Crippen molar-refractivity contribution in [1.29, 1.82) is 0 Å². The third kappa shape index (κ3) is 2.17. The number of H-pyrrole nitrogens is 1. The number of benzene rings is 1. The van der Waals surface area contributed by atoms with Gasteiger partial charge in [0.2, 0.25) is 0 Å². The zero-order valence-corrected chi connectivity index (χ0v) is 9.95. The average Bonchev–Trinajstić information content (AvgIpc) is 2.64. The van der Waals surface area contributed by atoms with Gasteiger partial charge in [-0.2, -0.15) is 0 Å². The molecular formula is C13H16N2O2. The molecule has 4 heteroatoms. The van der Waals surface area contributed by atoms with Gasteiger partial charge in [0.15, 0.2) is 0 Å². The Hall–Kier alpha value is -1.81. The van der Waals surface area contributed by atoms with Crippen molar-refractivity contribution in [2.45, 2.75) is 19.9 Å². The Balaban J connectivity index is 2.41. The number of aliphatic hydroxyl groups is 1. The van der Waals surface area contributed by atoms with Crippen molar-refractivity contribution in [3.05, 3.63) is 35.5 Å². The van der Waals surface area contributed by atoms with Gasteiger partial charge in [-0.3, -0.25) is 4.79 Å². The Morgan fingerprint density at radius 1 is 1.47 bits per heavy atom. The number of fused-ring (bicyclic) bond motifs is 1. The summed E-state index contributed by atoms with van der Waals surface area (Å²) in [5.74, 6) is -0.151. The molecule has 0 aliphatic rings. The third-order valence-electron chi connectivity index (χ3n) is 2.77. The lowest BCUT2D eigenvalue weighted by molar-refractivity contribution is 0.0923. The van der Waals surface area contributed by atoms with E-state index >= 15 is 0 Å². The first kappa shape index (κ1) is 11.7. The minimum atomic E-state index is -0.240. The molecule has 1 atom stereocenters. The molecule has 1 heterocycles. The summed E-state index contributed by atoms with van der Waals surface area (Å²) in [4.78, 5) is 15.2. The quantitative estimate of drug-likeness (QED) is 0.752. The van der Waals surface area contributed by atoms with Crippen LogP contribution in [0.2, 0.25) is 0 Å². The number of aromatic nitrogens is 1. The number of carbonyl (C=O) groups is 1. The molecule has 1 aromatic carbocycles. The predicted octanol–water partition coefficient (Wildman–Crippen LogP) is 1.59. The number of hydrogen-bond acceptors (Lipinski definition) is 2. The van der Waals surface area contributed by atoms with E-state index in [1.54, 1.807) is 6.92 Å². The van der Waals surface area contributed by atoms with Crippen LogP contribution in [-0.4, -0.2) is 28.6 Å². The highest BCUT2D eigenvalue weighted by molar-refractivity contribution is 6.08. The molecule has 0 fully saturated rings. The van der Waals surface area contributed by atoms with Crippen molar-refractivity contribution in [3.8, 4) is 0 Å². The lowest BCUT2D eigenvalue weighted by atomic mass is 10.1. The first-order valence-electron chi connectivity index (χ1n) is 5.62. The lowest BCUT2D eigenvalue weighted by Crippen LogP contribution is -2.35. The van der Waals surface area contributed by atoms with E-state index in [9.17, 15) is 4.79 Å². The van der Waals surface area contributed by atoms with Crippen LogP contribution < -0.4 is 5.32 Å². The molecule has 0 aliphatic heterocycles. The molecular weight excluding hydrogens is 216 g/mol. The largest absolute Gasteiger partial charge is 0.394 e. The second kappa shape index (κ2) is 4.59. The fraction of sp³-hybridized carbons (Fsp3) is 0.308. The molecule has 2 rings (SSSR count). The molecule has 90 valence electrons. The van der Waals surface area contributed by atoms with Crippen LogP contribution in [0.3, 0.4) is 0 Å². The highest BCUT2D eigenvalue weighted by atomic mass is 16.3. The normalized spacial score (nSPS) is 12.6. The van der Waals surface area contributed by atoms with Gasteiger partial charge in [-0.25, -0.2) is 0 Å². The number of aryl methyl sites for hydroxylation is 1. The summed E-state index contributed by atoms with van der Waals surface area (Å²) >= 11 is 0. The number of para-hydroxylation sites is 1. The fourth-order valence-corrected chi connectivity index (χ4v) is 1.91. The topological polar surface area (TPSA) is 65.1 Å². The van der Waals surface area contributed by atoms with E-state index < -0.39 is 0 Å². The molecule has 1 amide bonds. The fourth-order valence-electron chi connectivity index (χ4n) is 1.91. The number of amides is 1. The zero-order valence-electron chi connectivity index (χ0n) is 9.95. The molecule has 17 heavy (non-hydrogen) atoms. The molecule has 1 aromatic heterocycles. The monoisotopic (exact) mass is 232 g/mol. The summed E-state index contributed by atoms with van der Waals surface area (Å²) in [6, 6.07) is 7.44. The van der Waals surface area contributed by atoms with Crippen LogP contribution in [0.5, 0.6) is 0 Å². The average molecular weight is 232 g/mol. The van der Waals surface area contributed by atoms with Crippen molar-refractivity contribution in [1.82, 2.24) is 10.3 Å². The molecule has 3 N–H and O–H groups in total. The molecule has 4 nitrogen and oxygen atoms in total. The molecule has 1 unspecified atom stereocenters. The summed E-state index contributed by atoms with van der Waals surface area (Å²) in [6.07, 6.45) is 0. The molecule has 0 bridgehead atoms. The van der Waals surface area contributed by atoms with Crippen LogP contribution in [0.1, 0.15) is 23.0 Å². The van der Waals surface area contributed by atoms with Gasteiger partial charge in [-0.05, 0) is 19.9 Å². The molecule has 0 spiro atoms. The molecule has 0 radical (unpaired) electrons. The van der Waals surface area contributed by atoms with E-state index in [1.807, 2.05) is 31.2 Å². The maximum atomic E-state index is 12.1. The minimum Gasteiger partial charge on any atom is -0.394 e. The van der Waals surface area contributed by atoms with Crippen molar-refractivity contribution >= 4 is 16.8 Å². The zero-order chi connectivity index (χ0) is 12.4. The maximum absolute atomic E-state index is 12.1. The number of carbonyl (C=O) groups excluding carboxylic acids is 1. The van der Waals surface area contributed by atoms with Gasteiger partial charge in [-0.1, -0.05) is 18.2 Å². The van der Waals surface area contributed by atoms with E-state index in [1.165, 1.54) is 0 Å². The molecule has 2 aromatic rings. The number of nitrogens with one attached hydrogen (secondary N) is 2. The summed E-state index contributed by atoms with van der Waals surface area (Å²) < 4.78 is 0. The van der Waals surface area contributed by atoms with E-state index in [2.05, 4.69) is 10.3 Å². The van der Waals surface area contributed by atoms with E-state index in [-0.39, 0.29) is 18.6 Å². The highest BCUT2D eigenvalue weighted by Crippen LogP contribution is 2.21. The van der Waals surface area contributed by atoms with Gasteiger partial charge in [0, 0.05) is 22.6 Å². The van der Waals surface area contributed by atoms with E-state index in [4.69, 9.17) is 5.11 Å². The maximum Gasteiger partial charge on any atom is 0.254 e. The summed E-state index contributed by atoms with van der Waals surface area (Å²) in [5.41, 5.74) is 2.45. The van der Waals surface area contributed by atoms with Gasteiger partial charge in [0.25, 0.3) is 5.91 Å². The van der Waals surface area contributed by atoms with Gasteiger partial charge >= 0.3 is 0 Å². The SMILES string of the molecule is Cc1[nH]c2ccccc2c1C(=O)NC(C)CO. The van der Waals surface area contributed by atoms with Crippen LogP contribution in [0.25, 0.3) is 10.9 Å². The molecule has 0 aliphatic carbocycles. The number of aliphatic hydroxyl groups excluding tert-OH is 1. The van der Waals surface area contributed by atoms with Gasteiger partial charge < -0.3 is 15.4 Å². The minimum absolute atomic E-state index is 0.0624. The smallest absolute Gasteiger partial charge is 0.254 e. The second-order valence-corrected chi connectivity index (χ2v) is 4.23. The Morgan fingerprint density at radius 3 is 2.88 bits per heavy atom. The second-order valence-electron chi connectivity index (χ2n) is 4.23. The Bertz CT molecular complexity index is 545. The Kier molecular flexibility index (Phi) is 3.15. The summed E-state index contributed by atoms with van der Waals surface area (Å²) in [7, 11) is 0. The van der Waals surface area contributed by atoms with Crippen LogP contribution in [0.15, 0.2) is 24.3 Å². The van der Waals surface area contributed by atoms with Crippen LogP contribution >= 0.6 is 0 Å². The van der Waals surface area contributed by atoms with Gasteiger partial charge in [0.05, 0.1) is 12.2 Å². The van der Waals surface area contributed by atoms with Gasteiger partial charge in [-0.15, -0.1) is 0 Å². The van der Waals surface area contributed by atoms with Crippen LogP contribution in [0, 0.1) is 6.92 Å². The summed E-state index contributed by atoms with van der Waals surface area (Å²) in [5, 5.41) is 12.6. The lowest BCUT2D eigenvalue weighted by Gasteiger charge is -2.10. The molecule has 0 saturated heterocycles. The number of rotatable bonds is 3. The van der Waals surface area contributed by atoms with E-state index in [0.717, 1.165) is 16.6 Å². The van der Waals surface area contributed by atoms with Gasteiger partial charge in [0.1, 0.15) is 0 Å². The summed E-state index contributed by atoms with van der Waals surface area (Å²) in [6.45, 7) is 3.58. The first-order valence-corrected chi connectivity index (χ1v) is 5.62. The van der Waals surface area contributed by atoms with Crippen molar-refractivity contribution in [2.75, 3.05) is 6.61 Å². The third-order valence-corrected chi connectivity index (χ3v) is 2.77. The van der Waals surface area contributed by atoms with Crippen LogP contribution in [0.4, 0.5) is 0 Å². The number of aromatic amines is 1. The predicted molar refractivity (Wildman–Crippen MR) is 67.0 cm³/mol. The Labute approximate surface area is 99.7 Å². The van der Waals surface area contributed by atoms with Crippen molar-refractivity contribution in [2.24, 2.45) is 0 Å². The molecule has 0 saturated carbocycles. The standard InChI is InChI=1S/C13H16N2O2/c1-8(7-16)14-13(17)12-9(2)15-11-6-4-3-5-10(11)12/h3-6,8,15-16H,7H2,1-2H3,(H,14,17).